The van der Waals surface area contributed by atoms with E-state index in [-0.39, 0.29) is 22.4 Å². The van der Waals surface area contributed by atoms with Gasteiger partial charge in [0.1, 0.15) is 17.2 Å². The summed E-state index contributed by atoms with van der Waals surface area (Å²) < 4.78 is 29.6. The lowest BCUT2D eigenvalue weighted by Gasteiger charge is -2.44. The second kappa shape index (κ2) is 6.63. The van der Waals surface area contributed by atoms with E-state index in [1.807, 2.05) is 0 Å². The Kier molecular flexibility index (Phi) is 4.22. The van der Waals surface area contributed by atoms with E-state index in [1.54, 1.807) is 11.8 Å². The number of nitrogens with zero attached hydrogens (tertiary/aromatic N) is 2. The van der Waals surface area contributed by atoms with Gasteiger partial charge < -0.3 is 19.9 Å². The summed E-state index contributed by atoms with van der Waals surface area (Å²) in [5, 5.41) is 12.8. The van der Waals surface area contributed by atoms with Crippen LogP contribution in [0.5, 0.6) is 5.75 Å². The molecule has 1 spiro atoms. The molecule has 5 rings (SSSR count). The van der Waals surface area contributed by atoms with Crippen molar-refractivity contribution in [3.8, 4) is 5.75 Å². The number of rotatable bonds is 3. The van der Waals surface area contributed by atoms with Crippen LogP contribution in [0.15, 0.2) is 23.1 Å². The number of fused-ring (bicyclic) bond motifs is 2. The molecule has 3 heterocycles. The fourth-order valence-electron chi connectivity index (χ4n) is 5.36. The third-order valence-electron chi connectivity index (χ3n) is 6.82. The molecule has 1 aliphatic carbocycles. The van der Waals surface area contributed by atoms with Crippen LogP contribution < -0.4 is 10.7 Å². The number of hydrogen-bond donors (Lipinski definition) is 2. The Morgan fingerprint density at radius 2 is 2.00 bits per heavy atom. The second-order valence-electron chi connectivity index (χ2n) is 8.84. The molecule has 7 nitrogen and oxygen atoms in total. The van der Waals surface area contributed by atoms with E-state index < -0.39 is 41.2 Å². The maximum Gasteiger partial charge on any atom is 0.275 e. The van der Waals surface area contributed by atoms with E-state index in [0.29, 0.717) is 24.6 Å². The van der Waals surface area contributed by atoms with Crippen LogP contribution in [0, 0.1) is 24.5 Å². The van der Waals surface area contributed by atoms with Gasteiger partial charge in [0.05, 0.1) is 5.54 Å². The summed E-state index contributed by atoms with van der Waals surface area (Å²) in [4.78, 5) is 40.0. The summed E-state index contributed by atoms with van der Waals surface area (Å²) in [5.41, 5.74) is -1.74. The lowest BCUT2D eigenvalue weighted by atomic mass is 9.93. The van der Waals surface area contributed by atoms with E-state index in [2.05, 4.69) is 5.32 Å². The summed E-state index contributed by atoms with van der Waals surface area (Å²) in [6.07, 6.45) is 3.98. The standard InChI is InChI=1S/C22H21F2N3O4/c1-11-4-15(23)13(16(24)5-11)7-25-20(30)14-9-26-10-22-3-2-12(6-22)8-27(22)21(31)17(26)19(29)18(14)28/h4-5,9,12,29H,2-3,6-8,10H2,1H3,(H,25,30)/t12-,22+/m0/s1. The Labute approximate surface area is 176 Å². The Bertz CT molecular complexity index is 1180. The van der Waals surface area contributed by atoms with Crippen molar-refractivity contribution in [2.24, 2.45) is 5.92 Å². The molecule has 2 amide bonds. The fourth-order valence-corrected chi connectivity index (χ4v) is 5.36. The average molecular weight is 429 g/mol. The maximum absolute atomic E-state index is 14.0. The number of piperidine rings is 1. The highest BCUT2D eigenvalue weighted by Crippen LogP contribution is 2.50. The van der Waals surface area contributed by atoms with Gasteiger partial charge in [0.2, 0.25) is 5.43 Å². The van der Waals surface area contributed by atoms with Crippen LogP contribution in [0.3, 0.4) is 0 Å². The number of hydrogen-bond acceptors (Lipinski definition) is 4. The third-order valence-corrected chi connectivity index (χ3v) is 6.82. The largest absolute Gasteiger partial charge is 0.503 e. The fraction of sp³-hybridized carbons (Fsp3) is 0.409. The van der Waals surface area contributed by atoms with Gasteiger partial charge in [0, 0.05) is 31.4 Å². The third kappa shape index (κ3) is 2.86. The number of aryl methyl sites for hydroxylation is 1. The lowest BCUT2D eigenvalue weighted by molar-refractivity contribution is 0.0397. The highest BCUT2D eigenvalue weighted by atomic mass is 19.1. The zero-order valence-electron chi connectivity index (χ0n) is 16.9. The van der Waals surface area contributed by atoms with E-state index >= 15 is 0 Å². The van der Waals surface area contributed by atoms with Crippen molar-refractivity contribution in [3.63, 3.8) is 0 Å². The first-order valence-corrected chi connectivity index (χ1v) is 10.2. The molecule has 0 radical (unpaired) electrons. The van der Waals surface area contributed by atoms with E-state index in [0.717, 1.165) is 31.4 Å². The summed E-state index contributed by atoms with van der Waals surface area (Å²) in [7, 11) is 0. The van der Waals surface area contributed by atoms with Gasteiger partial charge in [-0.3, -0.25) is 14.4 Å². The molecule has 1 aromatic carbocycles. The van der Waals surface area contributed by atoms with Crippen LogP contribution in [-0.4, -0.2) is 38.5 Å². The number of halogens is 2. The van der Waals surface area contributed by atoms with Crippen molar-refractivity contribution < 1.29 is 23.5 Å². The highest BCUT2D eigenvalue weighted by molar-refractivity contribution is 5.99. The number of benzene rings is 1. The SMILES string of the molecule is Cc1cc(F)c(CNC(=O)c2cn3c(c(O)c2=O)C(=O)N2C[C@H]4CC[C@@]2(C4)C3)c(F)c1. The molecule has 162 valence electrons. The van der Waals surface area contributed by atoms with E-state index in [4.69, 9.17) is 0 Å². The highest BCUT2D eigenvalue weighted by Gasteiger charge is 2.56. The second-order valence-corrected chi connectivity index (χ2v) is 8.84. The van der Waals surface area contributed by atoms with Crippen molar-refractivity contribution in [1.29, 1.82) is 0 Å². The molecule has 31 heavy (non-hydrogen) atoms. The number of nitrogens with one attached hydrogen (secondary N) is 1. The maximum atomic E-state index is 14.0. The van der Waals surface area contributed by atoms with Crippen LogP contribution in [-0.2, 0) is 13.1 Å². The first-order chi connectivity index (χ1) is 14.7. The van der Waals surface area contributed by atoms with Crippen molar-refractivity contribution in [2.75, 3.05) is 6.54 Å². The molecule has 2 aromatic rings. The number of carbonyl (C=O) groups excluding carboxylic acids is 2. The van der Waals surface area contributed by atoms with Gasteiger partial charge >= 0.3 is 0 Å². The Balaban J connectivity index is 1.46. The van der Waals surface area contributed by atoms with Crippen LogP contribution >= 0.6 is 0 Å². The van der Waals surface area contributed by atoms with Gasteiger partial charge in [0.25, 0.3) is 11.8 Å². The zero-order valence-corrected chi connectivity index (χ0v) is 16.9. The minimum absolute atomic E-state index is 0.115. The predicted molar refractivity (Wildman–Crippen MR) is 106 cm³/mol. The van der Waals surface area contributed by atoms with Crippen LogP contribution in [0.25, 0.3) is 0 Å². The van der Waals surface area contributed by atoms with Gasteiger partial charge in [0.15, 0.2) is 11.4 Å². The molecule has 0 unspecified atom stereocenters. The van der Waals surface area contributed by atoms with Gasteiger partial charge in [-0.25, -0.2) is 8.78 Å². The molecule has 2 fully saturated rings. The van der Waals surface area contributed by atoms with Crippen LogP contribution in [0.1, 0.15) is 51.2 Å². The summed E-state index contributed by atoms with van der Waals surface area (Å²) in [6.45, 7) is 2.09. The van der Waals surface area contributed by atoms with Gasteiger partial charge in [-0.05, 0) is 49.8 Å². The monoisotopic (exact) mass is 429 g/mol. The van der Waals surface area contributed by atoms with Crippen molar-refractivity contribution in [1.82, 2.24) is 14.8 Å². The van der Waals surface area contributed by atoms with Crippen molar-refractivity contribution in [2.45, 2.75) is 44.8 Å². The molecule has 1 saturated heterocycles. The minimum atomic E-state index is -0.984. The molecule has 2 aliphatic heterocycles. The van der Waals surface area contributed by atoms with Crippen LogP contribution in [0.4, 0.5) is 8.78 Å². The van der Waals surface area contributed by atoms with Crippen molar-refractivity contribution >= 4 is 11.8 Å². The zero-order chi connectivity index (χ0) is 22.1. The Morgan fingerprint density at radius 1 is 1.29 bits per heavy atom. The molecule has 2 atom stereocenters. The molecule has 2 N–H and O–H groups in total. The van der Waals surface area contributed by atoms with Crippen LogP contribution in [0.2, 0.25) is 0 Å². The predicted octanol–water partition coefficient (Wildman–Crippen LogP) is 2.08. The number of amides is 2. The van der Waals surface area contributed by atoms with Gasteiger partial charge in [-0.1, -0.05) is 0 Å². The summed E-state index contributed by atoms with van der Waals surface area (Å²) in [6, 6.07) is 2.30. The van der Waals surface area contributed by atoms with Gasteiger partial charge in [-0.15, -0.1) is 0 Å². The first kappa shape index (κ1) is 19.7. The molecule has 1 saturated carbocycles. The number of aromatic nitrogens is 1. The molecule has 1 aromatic heterocycles. The molecule has 3 aliphatic rings. The normalized spacial score (nSPS) is 23.6. The molecule has 2 bridgehead atoms. The number of carbonyl (C=O) groups is 2. The average Bonchev–Trinajstić information content (AvgIpc) is 3.27. The topological polar surface area (TPSA) is 91.6 Å². The molecular formula is C22H21F2N3O4. The Hall–Kier alpha value is -3.23. The molecular weight excluding hydrogens is 408 g/mol. The Morgan fingerprint density at radius 3 is 2.68 bits per heavy atom. The number of aromatic hydroxyl groups is 1. The summed E-state index contributed by atoms with van der Waals surface area (Å²) >= 11 is 0. The molecule has 9 heteroatoms. The lowest BCUT2D eigenvalue weighted by Crippen LogP contribution is -2.55. The van der Waals surface area contributed by atoms with Crippen molar-refractivity contribution in [3.05, 3.63) is 62.6 Å². The minimum Gasteiger partial charge on any atom is -0.503 e. The van der Waals surface area contributed by atoms with Gasteiger partial charge in [-0.2, -0.15) is 0 Å². The van der Waals surface area contributed by atoms with E-state index in [1.165, 1.54) is 10.8 Å². The smallest absolute Gasteiger partial charge is 0.275 e. The first-order valence-electron chi connectivity index (χ1n) is 10.2. The number of pyridine rings is 1. The van der Waals surface area contributed by atoms with E-state index in [9.17, 15) is 28.3 Å². The quantitative estimate of drug-likeness (QED) is 0.782. The summed E-state index contributed by atoms with van der Waals surface area (Å²) in [5.74, 6) is -3.25.